The molecule has 1 aliphatic heterocycles. The van der Waals surface area contributed by atoms with E-state index in [4.69, 9.17) is 4.52 Å². The number of carbonyl (C=O) groups excluding carboxylic acids is 1. The predicted octanol–water partition coefficient (Wildman–Crippen LogP) is 5.06. The number of aromatic hydroxyl groups is 1. The molecule has 2 aliphatic rings. The van der Waals surface area contributed by atoms with Gasteiger partial charge in [-0.2, -0.15) is 18.2 Å². The lowest BCUT2D eigenvalue weighted by atomic mass is 10.2. The Morgan fingerprint density at radius 2 is 1.79 bits per heavy atom. The molecule has 7 nitrogen and oxygen atoms in total. The van der Waals surface area contributed by atoms with Gasteiger partial charge in [0.1, 0.15) is 5.75 Å². The van der Waals surface area contributed by atoms with Gasteiger partial charge < -0.3 is 19.4 Å². The van der Waals surface area contributed by atoms with Gasteiger partial charge in [-0.25, -0.2) is 0 Å². The number of aromatic nitrogens is 2. The molecule has 1 saturated heterocycles. The van der Waals surface area contributed by atoms with Crippen LogP contribution in [0.15, 0.2) is 61.2 Å². The van der Waals surface area contributed by atoms with E-state index in [2.05, 4.69) is 42.0 Å². The van der Waals surface area contributed by atoms with Crippen LogP contribution in [0.5, 0.6) is 5.75 Å². The predicted molar refractivity (Wildman–Crippen MR) is 120 cm³/mol. The molecule has 0 bridgehead atoms. The maximum Gasteiger partial charge on any atom is 0.416 e. The largest absolute Gasteiger partial charge is 0.506 e. The maximum atomic E-state index is 13.2. The van der Waals surface area contributed by atoms with Gasteiger partial charge in [-0.05, 0) is 62.6 Å². The maximum absolute atomic E-state index is 13.2. The van der Waals surface area contributed by atoms with Crippen molar-refractivity contribution in [3.8, 4) is 17.1 Å². The van der Waals surface area contributed by atoms with Gasteiger partial charge in [0.2, 0.25) is 5.82 Å². The van der Waals surface area contributed by atoms with Crippen LogP contribution >= 0.6 is 31.9 Å². The lowest BCUT2D eigenvalue weighted by molar-refractivity contribution is -0.0885. The van der Waals surface area contributed by atoms with Gasteiger partial charge in [-0.15, -0.1) is 0 Å². The van der Waals surface area contributed by atoms with Crippen molar-refractivity contribution in [3.63, 3.8) is 0 Å². The molecule has 33 heavy (non-hydrogen) atoms. The number of carbonyl (C=O) groups is 1. The van der Waals surface area contributed by atoms with Crippen LogP contribution in [0, 0.1) is 0 Å². The highest BCUT2D eigenvalue weighted by atomic mass is 79.9. The number of phenolic OH excluding ortho intramolecular Hbond substituents is 1. The summed E-state index contributed by atoms with van der Waals surface area (Å²) in [5, 5.41) is 13.7. The second kappa shape index (κ2) is 9.34. The lowest BCUT2D eigenvalue weighted by Gasteiger charge is -2.36. The van der Waals surface area contributed by atoms with Crippen molar-refractivity contribution in [3.05, 3.63) is 62.5 Å². The molecule has 4 rings (SSSR count). The van der Waals surface area contributed by atoms with Crippen LogP contribution in [-0.4, -0.2) is 63.3 Å². The van der Waals surface area contributed by atoms with Gasteiger partial charge in [-0.1, -0.05) is 17.3 Å². The van der Waals surface area contributed by atoms with Crippen LogP contribution in [0.1, 0.15) is 17.1 Å². The highest BCUT2D eigenvalue weighted by molar-refractivity contribution is 9.11. The summed E-state index contributed by atoms with van der Waals surface area (Å²) in [6, 6.07) is 3.19. The number of benzene rings is 1. The topological polar surface area (TPSA) is 82.7 Å². The van der Waals surface area contributed by atoms with E-state index in [9.17, 15) is 23.1 Å². The summed E-state index contributed by atoms with van der Waals surface area (Å²) >= 11 is 6.46. The van der Waals surface area contributed by atoms with Crippen LogP contribution in [-0.2, 0) is 0 Å². The molecule has 0 unspecified atom stereocenters. The Morgan fingerprint density at radius 3 is 2.42 bits per heavy atom. The fourth-order valence-electron chi connectivity index (χ4n) is 3.47. The van der Waals surface area contributed by atoms with Crippen molar-refractivity contribution in [2.45, 2.75) is 12.6 Å². The van der Waals surface area contributed by atoms with E-state index in [0.717, 1.165) is 12.2 Å². The first-order chi connectivity index (χ1) is 15.6. The Hall–Kier alpha value is -2.60. The first-order valence-corrected chi connectivity index (χ1v) is 11.4. The number of rotatable bonds is 3. The minimum absolute atomic E-state index is 0.0212. The number of alkyl halides is 3. The molecule has 1 amide bonds. The molecule has 1 N–H and O–H groups in total. The molecule has 2 aromatic rings. The highest BCUT2D eigenvalue weighted by Crippen LogP contribution is 2.36. The molecular weight excluding hydrogens is 573 g/mol. The minimum Gasteiger partial charge on any atom is -0.506 e. The number of amides is 1. The summed E-state index contributed by atoms with van der Waals surface area (Å²) in [5.41, 5.74) is 0.318. The molecule has 1 aromatic heterocycles. The Balaban J connectivity index is 1.43. The summed E-state index contributed by atoms with van der Waals surface area (Å²) < 4.78 is 45.4. The molecule has 0 saturated carbocycles. The Bertz CT molecular complexity index is 1140. The van der Waals surface area contributed by atoms with E-state index in [1.807, 2.05) is 4.90 Å². The van der Waals surface area contributed by atoms with Gasteiger partial charge in [0, 0.05) is 37.4 Å². The van der Waals surface area contributed by atoms with E-state index in [1.165, 1.54) is 4.90 Å². The molecule has 0 atom stereocenters. The third-order valence-electron chi connectivity index (χ3n) is 5.21. The van der Waals surface area contributed by atoms with Gasteiger partial charge in [0.25, 0.3) is 0 Å². The van der Waals surface area contributed by atoms with Crippen LogP contribution < -0.4 is 0 Å². The van der Waals surface area contributed by atoms with E-state index >= 15 is 0 Å². The average molecular weight is 590 g/mol. The van der Waals surface area contributed by atoms with Gasteiger partial charge >= 0.3 is 18.0 Å². The molecule has 1 fully saturated rings. The summed E-state index contributed by atoms with van der Waals surface area (Å²) in [4.78, 5) is 20.3. The first-order valence-electron chi connectivity index (χ1n) is 9.85. The normalized spacial score (nSPS) is 17.0. The molecule has 2 heterocycles. The van der Waals surface area contributed by atoms with E-state index in [1.54, 1.807) is 24.3 Å². The average Bonchev–Trinajstić information content (AvgIpc) is 3.13. The van der Waals surface area contributed by atoms with Crippen molar-refractivity contribution in [2.75, 3.05) is 26.2 Å². The smallest absolute Gasteiger partial charge is 0.416 e. The van der Waals surface area contributed by atoms with Crippen LogP contribution in [0.3, 0.4) is 0 Å². The van der Waals surface area contributed by atoms with Crippen molar-refractivity contribution >= 4 is 37.8 Å². The van der Waals surface area contributed by atoms with Crippen molar-refractivity contribution in [2.24, 2.45) is 0 Å². The number of allylic oxidation sites excluding steroid dienone is 5. The van der Waals surface area contributed by atoms with Crippen molar-refractivity contribution in [1.29, 1.82) is 0 Å². The van der Waals surface area contributed by atoms with E-state index in [0.29, 0.717) is 46.4 Å². The number of phenols is 1. The highest BCUT2D eigenvalue weighted by Gasteiger charge is 2.33. The fourth-order valence-corrected chi connectivity index (χ4v) is 4.66. The molecule has 174 valence electrons. The molecular formula is C21H17Br2F3N4O3. The number of hydrogen-bond donors (Lipinski definition) is 1. The van der Waals surface area contributed by atoms with Crippen LogP contribution in [0.25, 0.3) is 11.4 Å². The Kier molecular flexibility index (Phi) is 6.66. The molecule has 0 radical (unpaired) electrons. The number of halogens is 5. The standard InChI is InChI=1S/C21H17Br2F3N4O3/c22-15-9-12(10-16(23)17(15)31)18-27-19(33-28-18)20(32)30-7-5-29(6-8-30)14-4-2-1-3-13(11-14)21(24,25)26/h2-4,9-11,31H,1,5-8H2. The van der Waals surface area contributed by atoms with Gasteiger partial charge in [0.05, 0.1) is 14.5 Å². The van der Waals surface area contributed by atoms with Gasteiger partial charge in [-0.3, -0.25) is 4.79 Å². The summed E-state index contributed by atoms with van der Waals surface area (Å²) in [6.45, 7) is 1.32. The number of hydrogen-bond acceptors (Lipinski definition) is 6. The lowest BCUT2D eigenvalue weighted by Crippen LogP contribution is -2.48. The fraction of sp³-hybridized carbons (Fsp3) is 0.286. The van der Waals surface area contributed by atoms with E-state index in [-0.39, 0.29) is 23.9 Å². The zero-order valence-corrected chi connectivity index (χ0v) is 20.1. The van der Waals surface area contributed by atoms with Crippen molar-refractivity contribution < 1.29 is 27.6 Å². The zero-order valence-electron chi connectivity index (χ0n) is 16.9. The Labute approximate surface area is 203 Å². The first kappa shape index (κ1) is 23.6. The van der Waals surface area contributed by atoms with Crippen LogP contribution in [0.2, 0.25) is 0 Å². The second-order valence-electron chi connectivity index (χ2n) is 7.36. The summed E-state index contributed by atoms with van der Waals surface area (Å²) in [7, 11) is 0. The third kappa shape index (κ3) is 5.16. The monoisotopic (exact) mass is 588 g/mol. The SMILES string of the molecule is O=C(c1nc(-c2cc(Br)c(O)c(Br)c2)no1)N1CCN(C2=CC(C(F)(F)F)=CCC=C2)CC1. The third-order valence-corrected chi connectivity index (χ3v) is 6.42. The van der Waals surface area contributed by atoms with Crippen LogP contribution in [0.4, 0.5) is 13.2 Å². The van der Waals surface area contributed by atoms with Gasteiger partial charge in [0.15, 0.2) is 0 Å². The molecule has 12 heteroatoms. The number of piperazine rings is 1. The zero-order chi connectivity index (χ0) is 23.8. The molecule has 1 aliphatic carbocycles. The Morgan fingerprint density at radius 1 is 1.12 bits per heavy atom. The number of nitrogens with zero attached hydrogens (tertiary/aromatic N) is 4. The second-order valence-corrected chi connectivity index (χ2v) is 9.06. The summed E-state index contributed by atoms with van der Waals surface area (Å²) in [6.07, 6.45) is 1.45. The summed E-state index contributed by atoms with van der Waals surface area (Å²) in [5.74, 6) is -0.437. The quantitative estimate of drug-likeness (QED) is 0.539. The van der Waals surface area contributed by atoms with Crippen molar-refractivity contribution in [1.82, 2.24) is 19.9 Å². The van der Waals surface area contributed by atoms with E-state index < -0.39 is 17.7 Å². The molecule has 1 aromatic carbocycles. The molecule has 0 spiro atoms. The minimum atomic E-state index is -4.41.